The lowest BCUT2D eigenvalue weighted by molar-refractivity contribution is -0.141. The van der Waals surface area contributed by atoms with E-state index in [1.54, 1.807) is 0 Å². The number of hydrogen-bond acceptors (Lipinski definition) is 2. The molecule has 1 atom stereocenters. The standard InChI is InChI=1S/C17H26N2O2Si/c1-17(2,3)22(4,5)19-12-14(16(19)21)18-15(20)11-13-9-7-6-8-10-13/h6-10,14H,11-12H2,1-5H3,(H,18,20). The topological polar surface area (TPSA) is 49.4 Å². The number of carbonyl (C=O) groups excluding carboxylic acids is 2. The molecular formula is C17H26N2O2Si. The summed E-state index contributed by atoms with van der Waals surface area (Å²) in [4.78, 5) is 24.4. The maximum atomic E-state index is 12.4. The van der Waals surface area contributed by atoms with Crippen LogP contribution in [0.1, 0.15) is 26.3 Å². The second kappa shape index (κ2) is 5.87. The third-order valence-corrected chi connectivity index (χ3v) is 10.4. The van der Waals surface area contributed by atoms with Gasteiger partial charge in [-0.2, -0.15) is 0 Å². The molecule has 1 unspecified atom stereocenters. The van der Waals surface area contributed by atoms with E-state index in [0.717, 1.165) is 5.56 Å². The van der Waals surface area contributed by atoms with E-state index in [1.165, 1.54) is 0 Å². The highest BCUT2D eigenvalue weighted by Gasteiger charge is 2.51. The van der Waals surface area contributed by atoms with Crippen molar-refractivity contribution in [3.05, 3.63) is 35.9 Å². The predicted molar refractivity (Wildman–Crippen MR) is 91.0 cm³/mol. The van der Waals surface area contributed by atoms with Crippen LogP contribution >= 0.6 is 0 Å². The third-order valence-electron chi connectivity index (χ3n) is 4.98. The molecule has 2 rings (SSSR count). The Morgan fingerprint density at radius 3 is 2.36 bits per heavy atom. The van der Waals surface area contributed by atoms with Gasteiger partial charge in [-0.05, 0) is 10.6 Å². The first-order chi connectivity index (χ1) is 10.1. The molecule has 22 heavy (non-hydrogen) atoms. The molecule has 120 valence electrons. The molecule has 4 nitrogen and oxygen atoms in total. The zero-order valence-corrected chi connectivity index (χ0v) is 15.1. The van der Waals surface area contributed by atoms with Crippen molar-refractivity contribution in [2.45, 2.75) is 51.4 Å². The van der Waals surface area contributed by atoms with Gasteiger partial charge in [0.05, 0.1) is 6.42 Å². The van der Waals surface area contributed by atoms with E-state index in [4.69, 9.17) is 0 Å². The molecule has 1 heterocycles. The van der Waals surface area contributed by atoms with Gasteiger partial charge in [0, 0.05) is 6.54 Å². The van der Waals surface area contributed by atoms with E-state index in [9.17, 15) is 9.59 Å². The van der Waals surface area contributed by atoms with Crippen LogP contribution in [0.15, 0.2) is 30.3 Å². The molecule has 0 radical (unpaired) electrons. The number of nitrogens with one attached hydrogen (secondary N) is 1. The first-order valence-electron chi connectivity index (χ1n) is 7.78. The van der Waals surface area contributed by atoms with Crippen LogP contribution in [0.4, 0.5) is 0 Å². The van der Waals surface area contributed by atoms with E-state index >= 15 is 0 Å². The van der Waals surface area contributed by atoms with Gasteiger partial charge in [0.25, 0.3) is 0 Å². The summed E-state index contributed by atoms with van der Waals surface area (Å²) in [6.45, 7) is 11.6. The van der Waals surface area contributed by atoms with Crippen LogP contribution in [0.25, 0.3) is 0 Å². The maximum Gasteiger partial charge on any atom is 0.239 e. The molecular weight excluding hydrogens is 292 g/mol. The van der Waals surface area contributed by atoms with Crippen LogP contribution in [0, 0.1) is 0 Å². The van der Waals surface area contributed by atoms with Crippen molar-refractivity contribution < 1.29 is 9.59 Å². The minimum absolute atomic E-state index is 0.0769. The Labute approximate surface area is 134 Å². The fourth-order valence-corrected chi connectivity index (χ4v) is 4.62. The van der Waals surface area contributed by atoms with E-state index < -0.39 is 8.24 Å². The minimum atomic E-state index is -1.82. The van der Waals surface area contributed by atoms with Gasteiger partial charge in [0.2, 0.25) is 11.8 Å². The van der Waals surface area contributed by atoms with Gasteiger partial charge in [-0.25, -0.2) is 0 Å². The zero-order chi connectivity index (χ0) is 16.5. The summed E-state index contributed by atoms with van der Waals surface area (Å²) in [5, 5.41) is 2.99. The molecule has 5 heteroatoms. The lowest BCUT2D eigenvalue weighted by Crippen LogP contribution is -2.73. The zero-order valence-electron chi connectivity index (χ0n) is 14.1. The predicted octanol–water partition coefficient (Wildman–Crippen LogP) is 2.56. The van der Waals surface area contributed by atoms with Crippen molar-refractivity contribution >= 4 is 20.0 Å². The number of carbonyl (C=O) groups is 2. The van der Waals surface area contributed by atoms with Crippen molar-refractivity contribution in [2.24, 2.45) is 0 Å². The smallest absolute Gasteiger partial charge is 0.239 e. The van der Waals surface area contributed by atoms with E-state index in [-0.39, 0.29) is 22.9 Å². The molecule has 1 saturated heterocycles. The molecule has 1 aromatic carbocycles. The van der Waals surface area contributed by atoms with Crippen molar-refractivity contribution in [3.8, 4) is 0 Å². The van der Waals surface area contributed by atoms with Gasteiger partial charge in [0.1, 0.15) is 6.04 Å². The van der Waals surface area contributed by atoms with E-state index in [1.807, 2.05) is 34.9 Å². The number of hydrogen-bond donors (Lipinski definition) is 1. The molecule has 0 bridgehead atoms. The van der Waals surface area contributed by atoms with E-state index in [0.29, 0.717) is 13.0 Å². The average Bonchev–Trinajstić information content (AvgIpc) is 2.42. The summed E-state index contributed by atoms with van der Waals surface area (Å²) >= 11 is 0. The van der Waals surface area contributed by atoms with Gasteiger partial charge >= 0.3 is 0 Å². The second-order valence-electron chi connectivity index (χ2n) is 7.54. The van der Waals surface area contributed by atoms with Crippen molar-refractivity contribution in [1.29, 1.82) is 0 Å². The third kappa shape index (κ3) is 3.24. The van der Waals surface area contributed by atoms with Crippen LogP contribution in [0.5, 0.6) is 0 Å². The number of benzene rings is 1. The van der Waals surface area contributed by atoms with Crippen LogP contribution in [0.2, 0.25) is 18.1 Å². The maximum absolute atomic E-state index is 12.4. The van der Waals surface area contributed by atoms with Gasteiger partial charge in [-0.3, -0.25) is 9.59 Å². The summed E-state index contributed by atoms with van der Waals surface area (Å²) in [7, 11) is -1.82. The summed E-state index contributed by atoms with van der Waals surface area (Å²) in [6, 6.07) is 9.25. The molecule has 1 aliphatic heterocycles. The molecule has 0 aromatic heterocycles. The summed E-state index contributed by atoms with van der Waals surface area (Å²) in [5.41, 5.74) is 0.966. The van der Waals surface area contributed by atoms with Gasteiger partial charge in [0.15, 0.2) is 8.24 Å². The van der Waals surface area contributed by atoms with E-state index in [2.05, 4.69) is 39.2 Å². The normalized spacial score (nSPS) is 18.9. The Morgan fingerprint density at radius 1 is 1.27 bits per heavy atom. The fraction of sp³-hybridized carbons (Fsp3) is 0.529. The number of β-lactam (4-membered cyclic amide) rings is 1. The van der Waals surface area contributed by atoms with Crippen molar-refractivity contribution in [3.63, 3.8) is 0 Å². The average molecular weight is 318 g/mol. The second-order valence-corrected chi connectivity index (χ2v) is 12.7. The summed E-state index contributed by atoms with van der Waals surface area (Å²) in [6.07, 6.45) is 0.324. The fourth-order valence-electron chi connectivity index (χ4n) is 2.47. The number of amides is 2. The lowest BCUT2D eigenvalue weighted by Gasteiger charge is -2.53. The molecule has 1 N–H and O–H groups in total. The highest BCUT2D eigenvalue weighted by molar-refractivity contribution is 6.80. The van der Waals surface area contributed by atoms with Crippen LogP contribution in [0.3, 0.4) is 0 Å². The number of rotatable bonds is 4. The van der Waals surface area contributed by atoms with Gasteiger partial charge < -0.3 is 9.88 Å². The largest absolute Gasteiger partial charge is 0.365 e. The van der Waals surface area contributed by atoms with Crippen LogP contribution in [-0.2, 0) is 16.0 Å². The summed E-state index contributed by atoms with van der Waals surface area (Å²) in [5.74, 6) is -0.00700. The first-order valence-corrected chi connectivity index (χ1v) is 10.7. The van der Waals surface area contributed by atoms with Crippen molar-refractivity contribution in [1.82, 2.24) is 9.88 Å². The molecule has 1 aromatic rings. The highest BCUT2D eigenvalue weighted by Crippen LogP contribution is 2.40. The molecule has 2 amide bonds. The molecule has 1 aliphatic rings. The Morgan fingerprint density at radius 2 is 1.86 bits per heavy atom. The molecule has 1 fully saturated rings. The Hall–Kier alpha value is -1.62. The first kappa shape index (κ1) is 16.7. The SMILES string of the molecule is CC(C)(C)[Si](C)(C)N1CC(NC(=O)Cc2ccccc2)C1=O. The Bertz CT molecular complexity index is 564. The van der Waals surface area contributed by atoms with Gasteiger partial charge in [-0.1, -0.05) is 64.2 Å². The van der Waals surface area contributed by atoms with Gasteiger partial charge in [-0.15, -0.1) is 0 Å². The Balaban J connectivity index is 1.90. The lowest BCUT2D eigenvalue weighted by atomic mass is 10.1. The summed E-state index contributed by atoms with van der Waals surface area (Å²) < 4.78 is 2.00. The van der Waals surface area contributed by atoms with Crippen molar-refractivity contribution in [2.75, 3.05) is 6.54 Å². The molecule has 0 aliphatic carbocycles. The number of nitrogens with zero attached hydrogens (tertiary/aromatic N) is 1. The Kier molecular flexibility index (Phi) is 4.47. The quantitative estimate of drug-likeness (QED) is 0.685. The van der Waals surface area contributed by atoms with Crippen LogP contribution < -0.4 is 5.32 Å². The highest BCUT2D eigenvalue weighted by atomic mass is 28.3. The minimum Gasteiger partial charge on any atom is -0.365 e. The molecule has 0 spiro atoms. The van der Waals surface area contributed by atoms with Crippen LogP contribution in [-0.4, -0.2) is 37.2 Å². The molecule has 0 saturated carbocycles. The monoisotopic (exact) mass is 318 g/mol.